The number of hydrogen-bond acceptors (Lipinski definition) is 3. The van der Waals surface area contributed by atoms with Crippen molar-refractivity contribution in [2.24, 2.45) is 0 Å². The molecule has 0 fully saturated rings. The van der Waals surface area contributed by atoms with E-state index in [1.54, 1.807) is 18.2 Å². The van der Waals surface area contributed by atoms with Crippen molar-refractivity contribution < 1.29 is 17.5 Å². The summed E-state index contributed by atoms with van der Waals surface area (Å²) >= 11 is 0. The van der Waals surface area contributed by atoms with E-state index in [2.05, 4.69) is 4.72 Å². The predicted octanol–water partition coefficient (Wildman–Crippen LogP) is 2.94. The lowest BCUT2D eigenvalue weighted by atomic mass is 10.2. The highest BCUT2D eigenvalue weighted by atomic mass is 32.2. The van der Waals surface area contributed by atoms with Crippen molar-refractivity contribution in [3.8, 4) is 5.75 Å². The minimum absolute atomic E-state index is 0.000458. The van der Waals surface area contributed by atoms with E-state index in [1.807, 2.05) is 13.0 Å². The third-order valence-corrected chi connectivity index (χ3v) is 4.08. The summed E-state index contributed by atoms with van der Waals surface area (Å²) in [7, 11) is -2.51. The van der Waals surface area contributed by atoms with Crippen LogP contribution in [0.4, 0.5) is 10.1 Å². The number of aryl methyl sites for hydroxylation is 1. The molecule has 0 aliphatic rings. The summed E-state index contributed by atoms with van der Waals surface area (Å²) in [6.07, 6.45) is 0. The minimum Gasteiger partial charge on any atom is -0.494 e. The maximum absolute atomic E-state index is 13.6. The molecule has 0 bridgehead atoms. The molecule has 1 N–H and O–H groups in total. The highest BCUT2D eigenvalue weighted by Gasteiger charge is 2.16. The average Bonchev–Trinajstić information content (AvgIpc) is 2.38. The number of benzene rings is 2. The second kappa shape index (κ2) is 5.50. The quantitative estimate of drug-likeness (QED) is 0.943. The lowest BCUT2D eigenvalue weighted by molar-refractivity contribution is 0.385. The molecular weight excluding hydrogens is 281 g/mol. The molecule has 0 radical (unpaired) electrons. The fraction of sp³-hybridized carbons (Fsp3) is 0.143. The number of anilines is 1. The Bertz CT molecular complexity index is 729. The van der Waals surface area contributed by atoms with Crippen LogP contribution >= 0.6 is 0 Å². The van der Waals surface area contributed by atoms with Crippen LogP contribution < -0.4 is 9.46 Å². The number of halogens is 1. The Morgan fingerprint density at radius 2 is 1.90 bits per heavy atom. The highest BCUT2D eigenvalue weighted by molar-refractivity contribution is 7.92. The Hall–Kier alpha value is -2.08. The van der Waals surface area contributed by atoms with E-state index >= 15 is 0 Å². The first-order valence-electron chi connectivity index (χ1n) is 5.85. The maximum atomic E-state index is 13.6. The van der Waals surface area contributed by atoms with E-state index in [9.17, 15) is 12.8 Å². The van der Waals surface area contributed by atoms with Crippen molar-refractivity contribution in [3.05, 3.63) is 53.8 Å². The molecule has 106 valence electrons. The molecule has 0 aliphatic heterocycles. The van der Waals surface area contributed by atoms with Crippen molar-refractivity contribution in [1.29, 1.82) is 0 Å². The molecule has 0 aromatic heterocycles. The number of methoxy groups -OCH3 is 1. The van der Waals surface area contributed by atoms with Gasteiger partial charge in [0.25, 0.3) is 10.0 Å². The molecule has 20 heavy (non-hydrogen) atoms. The molecule has 0 spiro atoms. The Morgan fingerprint density at radius 1 is 1.15 bits per heavy atom. The van der Waals surface area contributed by atoms with Crippen LogP contribution in [-0.2, 0) is 10.0 Å². The zero-order valence-electron chi connectivity index (χ0n) is 11.1. The summed E-state index contributed by atoms with van der Waals surface area (Å²) in [4.78, 5) is -0.155. The van der Waals surface area contributed by atoms with E-state index < -0.39 is 15.8 Å². The molecule has 0 amide bonds. The molecule has 0 heterocycles. The smallest absolute Gasteiger partial charge is 0.262 e. The van der Waals surface area contributed by atoms with Gasteiger partial charge in [-0.2, -0.15) is 0 Å². The summed E-state index contributed by atoms with van der Waals surface area (Å²) in [5, 5.41) is 0. The topological polar surface area (TPSA) is 55.4 Å². The lowest BCUT2D eigenvalue weighted by Gasteiger charge is -2.09. The third-order valence-electron chi connectivity index (χ3n) is 2.70. The molecule has 2 aromatic rings. The number of sulfonamides is 1. The van der Waals surface area contributed by atoms with Crippen LogP contribution in [-0.4, -0.2) is 15.5 Å². The van der Waals surface area contributed by atoms with Crippen LogP contribution in [0.15, 0.2) is 47.4 Å². The van der Waals surface area contributed by atoms with Gasteiger partial charge in [0.1, 0.15) is 0 Å². The van der Waals surface area contributed by atoms with E-state index in [0.717, 1.165) is 11.6 Å². The summed E-state index contributed by atoms with van der Waals surface area (Å²) in [5.41, 5.74) is 1.35. The molecule has 0 saturated heterocycles. The standard InChI is InChI=1S/C14H14FNO3S/c1-10-4-3-5-11(8-10)16-20(17,18)12-6-7-14(19-2)13(15)9-12/h3-9,16H,1-2H3. The normalized spacial score (nSPS) is 11.2. The van der Waals surface area contributed by atoms with Crippen molar-refractivity contribution >= 4 is 15.7 Å². The number of hydrogen-bond donors (Lipinski definition) is 1. The van der Waals surface area contributed by atoms with Crippen molar-refractivity contribution in [2.45, 2.75) is 11.8 Å². The summed E-state index contributed by atoms with van der Waals surface area (Å²) in [6.45, 7) is 1.85. The van der Waals surface area contributed by atoms with Crippen LogP contribution in [0, 0.1) is 12.7 Å². The minimum atomic E-state index is -3.82. The fourth-order valence-corrected chi connectivity index (χ4v) is 2.80. The van der Waals surface area contributed by atoms with Crippen LogP contribution in [0.2, 0.25) is 0 Å². The summed E-state index contributed by atoms with van der Waals surface area (Å²) < 4.78 is 45.0. The van der Waals surface area contributed by atoms with E-state index in [1.165, 1.54) is 19.2 Å². The van der Waals surface area contributed by atoms with Gasteiger partial charge >= 0.3 is 0 Å². The molecule has 0 atom stereocenters. The monoisotopic (exact) mass is 295 g/mol. The van der Waals surface area contributed by atoms with Crippen molar-refractivity contribution in [1.82, 2.24) is 0 Å². The third kappa shape index (κ3) is 3.08. The molecule has 2 aromatic carbocycles. The predicted molar refractivity (Wildman–Crippen MR) is 74.9 cm³/mol. The van der Waals surface area contributed by atoms with Gasteiger partial charge < -0.3 is 4.74 Å². The first kappa shape index (κ1) is 14.3. The first-order chi connectivity index (χ1) is 9.42. The molecular formula is C14H14FNO3S. The second-order valence-corrected chi connectivity index (χ2v) is 5.95. The Labute approximate surface area is 117 Å². The molecule has 0 saturated carbocycles. The van der Waals surface area contributed by atoms with Crippen LogP contribution in [0.1, 0.15) is 5.56 Å². The Balaban J connectivity index is 2.33. The molecule has 6 heteroatoms. The van der Waals surface area contributed by atoms with Crippen LogP contribution in [0.5, 0.6) is 5.75 Å². The molecule has 4 nitrogen and oxygen atoms in total. The number of nitrogens with one attached hydrogen (secondary N) is 1. The largest absolute Gasteiger partial charge is 0.494 e. The number of ether oxygens (including phenoxy) is 1. The summed E-state index contributed by atoms with van der Waals surface area (Å²) in [6, 6.07) is 10.4. The van der Waals surface area contributed by atoms with Gasteiger partial charge in [0.05, 0.1) is 12.0 Å². The Kier molecular flexibility index (Phi) is 3.94. The van der Waals surface area contributed by atoms with Gasteiger partial charge in [0.2, 0.25) is 0 Å². The van der Waals surface area contributed by atoms with E-state index in [0.29, 0.717) is 5.69 Å². The van der Waals surface area contributed by atoms with Crippen LogP contribution in [0.25, 0.3) is 0 Å². The maximum Gasteiger partial charge on any atom is 0.262 e. The molecule has 2 rings (SSSR count). The first-order valence-corrected chi connectivity index (χ1v) is 7.34. The van der Waals surface area contributed by atoms with Gasteiger partial charge in [-0.15, -0.1) is 0 Å². The van der Waals surface area contributed by atoms with E-state index in [-0.39, 0.29) is 10.6 Å². The van der Waals surface area contributed by atoms with Gasteiger partial charge in [-0.1, -0.05) is 12.1 Å². The Morgan fingerprint density at radius 3 is 2.50 bits per heavy atom. The lowest BCUT2D eigenvalue weighted by Crippen LogP contribution is -2.13. The van der Waals surface area contributed by atoms with Crippen molar-refractivity contribution in [2.75, 3.05) is 11.8 Å². The summed E-state index contributed by atoms with van der Waals surface area (Å²) in [5.74, 6) is -0.723. The SMILES string of the molecule is COc1ccc(S(=O)(=O)Nc2cccc(C)c2)cc1F. The van der Waals surface area contributed by atoms with Crippen molar-refractivity contribution in [3.63, 3.8) is 0 Å². The van der Waals surface area contributed by atoms with Crippen LogP contribution in [0.3, 0.4) is 0 Å². The van der Waals surface area contributed by atoms with Gasteiger partial charge in [0.15, 0.2) is 11.6 Å². The second-order valence-electron chi connectivity index (χ2n) is 4.27. The zero-order valence-corrected chi connectivity index (χ0v) is 11.9. The molecule has 0 unspecified atom stereocenters. The van der Waals surface area contributed by atoms with E-state index in [4.69, 9.17) is 4.74 Å². The van der Waals surface area contributed by atoms with Gasteiger partial charge in [-0.05, 0) is 42.8 Å². The van der Waals surface area contributed by atoms with Gasteiger partial charge in [-0.25, -0.2) is 12.8 Å². The number of rotatable bonds is 4. The fourth-order valence-electron chi connectivity index (χ4n) is 1.74. The van der Waals surface area contributed by atoms with Gasteiger partial charge in [0, 0.05) is 5.69 Å². The average molecular weight is 295 g/mol. The highest BCUT2D eigenvalue weighted by Crippen LogP contribution is 2.22. The zero-order chi connectivity index (χ0) is 14.8. The molecule has 0 aliphatic carbocycles. The van der Waals surface area contributed by atoms with Gasteiger partial charge in [-0.3, -0.25) is 4.72 Å².